The molecule has 0 spiro atoms. The fourth-order valence-corrected chi connectivity index (χ4v) is 2.80. The van der Waals surface area contributed by atoms with E-state index < -0.39 is 0 Å². The summed E-state index contributed by atoms with van der Waals surface area (Å²) in [5, 5.41) is 0. The zero-order valence-electron chi connectivity index (χ0n) is 16.5. The minimum absolute atomic E-state index is 0. The number of benzene rings is 2. The van der Waals surface area contributed by atoms with Crippen molar-refractivity contribution in [1.82, 2.24) is 0 Å². The van der Waals surface area contributed by atoms with Crippen LogP contribution in [0.3, 0.4) is 0 Å². The zero-order valence-corrected chi connectivity index (χ0v) is 17.3. The van der Waals surface area contributed by atoms with E-state index in [-0.39, 0.29) is 34.3 Å². The van der Waals surface area contributed by atoms with Gasteiger partial charge in [0, 0.05) is 23.4 Å². The quantitative estimate of drug-likeness (QED) is 0.400. The van der Waals surface area contributed by atoms with Crippen LogP contribution >= 0.6 is 0 Å². The minimum Gasteiger partial charge on any atom is -1.00 e. The smallest absolute Gasteiger partial charge is 0.198 e. The van der Waals surface area contributed by atoms with Gasteiger partial charge in [-0.05, 0) is 71.7 Å². The molecular weight excluding hydrogens is 394 g/mol. The summed E-state index contributed by atoms with van der Waals surface area (Å²) in [6.07, 6.45) is 8.47. The Balaban J connectivity index is -0.00000135. The molecule has 160 valence electrons. The summed E-state index contributed by atoms with van der Waals surface area (Å²) in [4.78, 5) is 3.16. The van der Waals surface area contributed by atoms with E-state index in [0.29, 0.717) is 0 Å². The summed E-state index contributed by atoms with van der Waals surface area (Å²) in [7, 11) is 1.93. The van der Waals surface area contributed by atoms with Crippen LogP contribution in [-0.2, 0) is 0 Å². The molecule has 14 N–H and O–H groups in total. The van der Waals surface area contributed by atoms with E-state index in [0.717, 1.165) is 22.6 Å². The number of nitrogen functional groups attached to an aromatic ring is 1. The van der Waals surface area contributed by atoms with Gasteiger partial charge in [0.15, 0.2) is 5.71 Å². The number of rotatable bonds is 2. The van der Waals surface area contributed by atoms with Crippen molar-refractivity contribution >= 4 is 22.7 Å². The number of allylic oxidation sites excluding steroid dienone is 5. The Hall–Kier alpha value is -2.78. The van der Waals surface area contributed by atoms with E-state index in [1.165, 1.54) is 22.3 Å². The third-order valence-corrected chi connectivity index (χ3v) is 4.29. The lowest BCUT2D eigenvalue weighted by atomic mass is 9.90. The molecule has 2 aromatic rings. The number of hydrogen-bond donors (Lipinski definition) is 3. The van der Waals surface area contributed by atoms with Crippen molar-refractivity contribution in [1.29, 1.82) is 0 Å². The molecule has 1 aliphatic rings. The fraction of sp³-hybridized carbons (Fsp3) is 0.0952. The second-order valence-electron chi connectivity index (χ2n) is 5.97. The normalized spacial score (nSPS) is 11.0. The molecule has 3 rings (SSSR count). The van der Waals surface area contributed by atoms with E-state index >= 15 is 0 Å². The number of halogens is 1. The van der Waals surface area contributed by atoms with E-state index in [1.54, 1.807) is 0 Å². The molecule has 0 heterocycles. The Labute approximate surface area is 176 Å². The second kappa shape index (κ2) is 13.4. The van der Waals surface area contributed by atoms with Gasteiger partial charge in [0.2, 0.25) is 0 Å². The van der Waals surface area contributed by atoms with Crippen LogP contribution in [0.5, 0.6) is 0 Å². The Bertz CT molecular complexity index is 887. The van der Waals surface area contributed by atoms with Gasteiger partial charge in [-0.15, -0.1) is 0 Å². The zero-order chi connectivity index (χ0) is 17.1. The average molecular weight is 425 g/mol. The summed E-state index contributed by atoms with van der Waals surface area (Å²) in [5.41, 5.74) is 18.7. The molecule has 0 radical (unpaired) electrons. The minimum atomic E-state index is 0. The molecule has 0 amide bonds. The van der Waals surface area contributed by atoms with Gasteiger partial charge in [0.1, 0.15) is 12.7 Å². The molecule has 0 saturated heterocycles. The number of hydrogen-bond acceptors (Lipinski definition) is 1. The number of nitrogens with two attached hydrogens (primary N) is 1. The van der Waals surface area contributed by atoms with E-state index in [4.69, 9.17) is 5.73 Å². The van der Waals surface area contributed by atoms with Gasteiger partial charge in [0.25, 0.3) is 0 Å². The van der Waals surface area contributed by atoms with Gasteiger partial charge in [-0.1, -0.05) is 12.1 Å². The Morgan fingerprint density at radius 3 is 1.83 bits per heavy atom. The fourth-order valence-electron chi connectivity index (χ4n) is 2.80. The lowest BCUT2D eigenvalue weighted by Crippen LogP contribution is -3.00. The van der Waals surface area contributed by atoms with Crippen molar-refractivity contribution in [2.75, 3.05) is 12.8 Å². The van der Waals surface area contributed by atoms with Gasteiger partial charge in [0.05, 0.1) is 0 Å². The molecule has 1 aliphatic carbocycles. The van der Waals surface area contributed by atoms with Crippen LogP contribution in [0.4, 0.5) is 11.4 Å². The second-order valence-corrected chi connectivity index (χ2v) is 5.97. The molecule has 0 unspecified atom stereocenters. The van der Waals surface area contributed by atoms with Crippen LogP contribution in [0.15, 0.2) is 72.3 Å². The van der Waals surface area contributed by atoms with E-state index in [1.807, 2.05) is 19.2 Å². The third kappa shape index (κ3) is 6.95. The number of aryl methyl sites for hydroxylation is 1. The number of nitrogens with one attached hydrogen (secondary N) is 1. The Morgan fingerprint density at radius 2 is 1.34 bits per heavy atom. The summed E-state index contributed by atoms with van der Waals surface area (Å²) in [6, 6.07) is 14.4. The van der Waals surface area contributed by atoms with Crippen molar-refractivity contribution in [3.8, 4) is 0 Å². The molecule has 8 heteroatoms. The summed E-state index contributed by atoms with van der Waals surface area (Å²) < 4.78 is 0. The van der Waals surface area contributed by atoms with Gasteiger partial charge < -0.3 is 45.8 Å². The summed E-state index contributed by atoms with van der Waals surface area (Å²) in [5.74, 6) is 0. The van der Waals surface area contributed by atoms with E-state index in [2.05, 4.69) is 72.3 Å². The van der Waals surface area contributed by atoms with Crippen LogP contribution in [0, 0.1) is 6.92 Å². The predicted octanol–water partition coefficient (Wildman–Crippen LogP) is -4.76. The molecule has 29 heavy (non-hydrogen) atoms. The molecule has 0 saturated carbocycles. The highest BCUT2D eigenvalue weighted by Crippen LogP contribution is 2.31. The molecule has 0 atom stereocenters. The number of quaternary nitrogens is 1. The van der Waals surface area contributed by atoms with Gasteiger partial charge in [-0.3, -0.25) is 0 Å². The maximum absolute atomic E-state index is 5.86. The van der Waals surface area contributed by atoms with Crippen LogP contribution in [0.25, 0.3) is 5.57 Å². The van der Waals surface area contributed by atoms with Gasteiger partial charge in [-0.25, -0.2) is 4.99 Å². The maximum Gasteiger partial charge on any atom is 0.198 e. The third-order valence-electron chi connectivity index (χ3n) is 4.29. The van der Waals surface area contributed by atoms with Crippen molar-refractivity contribution in [3.63, 3.8) is 0 Å². The van der Waals surface area contributed by atoms with Crippen molar-refractivity contribution < 1.29 is 45.0 Å². The highest BCUT2D eigenvalue weighted by Gasteiger charge is 2.13. The first-order valence-electron chi connectivity index (χ1n) is 8.02. The summed E-state index contributed by atoms with van der Waals surface area (Å²) in [6.45, 7) is 2.09. The Kier molecular flexibility index (Phi) is 14.3. The highest BCUT2D eigenvalue weighted by molar-refractivity contribution is 6.03. The van der Waals surface area contributed by atoms with Crippen LogP contribution in [0.2, 0.25) is 0 Å². The van der Waals surface area contributed by atoms with Crippen LogP contribution in [-0.4, -0.2) is 34.7 Å². The molecule has 7 nitrogen and oxygen atoms in total. The molecule has 0 fully saturated rings. The Morgan fingerprint density at radius 1 is 0.828 bits per heavy atom. The van der Waals surface area contributed by atoms with Crippen LogP contribution in [0.1, 0.15) is 16.7 Å². The highest BCUT2D eigenvalue weighted by atomic mass is 35.5. The number of anilines is 1. The SMILES string of the molecule is C[NH+]=C1C=CC(=C(c2ccc(N)cc2)c2ccc([NH3+])c(C)c2)C=C1.O.O.O.O.[Cl-]. The molecule has 0 aromatic heterocycles. The largest absolute Gasteiger partial charge is 1.00 e. The monoisotopic (exact) mass is 424 g/mol. The van der Waals surface area contributed by atoms with Crippen molar-refractivity contribution in [3.05, 3.63) is 89.0 Å². The van der Waals surface area contributed by atoms with Gasteiger partial charge >= 0.3 is 0 Å². The molecule has 2 aromatic carbocycles. The van der Waals surface area contributed by atoms with Gasteiger partial charge in [-0.2, -0.15) is 0 Å². The van der Waals surface area contributed by atoms with Crippen molar-refractivity contribution in [2.24, 2.45) is 0 Å². The van der Waals surface area contributed by atoms with Crippen LogP contribution < -0.4 is 28.9 Å². The first-order chi connectivity index (χ1) is 11.6. The summed E-state index contributed by atoms with van der Waals surface area (Å²) >= 11 is 0. The molecule has 0 bridgehead atoms. The standard InChI is InChI=1S/C21H21N3.ClH.4H2O/c1-14-13-17(7-12-20(14)23)21(15-3-8-18(22)9-4-15)16-5-10-19(24-2)11-6-16;;;;;/h3-13H,22-23H2,1-2H3;1H;4*1H2/p+1. The van der Waals surface area contributed by atoms with E-state index in [9.17, 15) is 0 Å². The molecule has 0 aliphatic heterocycles. The first-order valence-corrected chi connectivity index (χ1v) is 8.02. The average Bonchev–Trinajstić information content (AvgIpc) is 2.60. The topological polar surface area (TPSA) is 194 Å². The molecular formula is C21H31ClN3O4+. The lowest BCUT2D eigenvalue weighted by Gasteiger charge is -2.14. The predicted molar refractivity (Wildman–Crippen MR) is 115 cm³/mol. The first kappa shape index (κ1) is 30.9. The maximum atomic E-state index is 5.86. The van der Waals surface area contributed by atoms with Crippen molar-refractivity contribution in [2.45, 2.75) is 6.92 Å². The lowest BCUT2D eigenvalue weighted by molar-refractivity contribution is -0.417.